The number of pyridine rings is 1. The van der Waals surface area contributed by atoms with Crippen molar-refractivity contribution in [2.45, 2.75) is 45.1 Å². The largest absolute Gasteiger partial charge is 0.322 e. The van der Waals surface area contributed by atoms with Gasteiger partial charge in [0.1, 0.15) is 4.60 Å². The zero-order chi connectivity index (χ0) is 14.1. The predicted molar refractivity (Wildman–Crippen MR) is 82.8 cm³/mol. The van der Waals surface area contributed by atoms with E-state index in [1.54, 1.807) is 0 Å². The van der Waals surface area contributed by atoms with Crippen molar-refractivity contribution in [2.24, 2.45) is 5.92 Å². The van der Waals surface area contributed by atoms with Gasteiger partial charge in [0, 0.05) is 12.6 Å². The topological polar surface area (TPSA) is 45.2 Å². The molecule has 1 aliphatic carbocycles. The van der Waals surface area contributed by atoms with E-state index in [-0.39, 0.29) is 6.03 Å². The number of halogens is 1. The number of amides is 2. The van der Waals surface area contributed by atoms with Gasteiger partial charge in [-0.15, -0.1) is 0 Å². The molecule has 1 N–H and O–H groups in total. The van der Waals surface area contributed by atoms with E-state index in [2.05, 4.69) is 26.2 Å². The first-order chi connectivity index (χ1) is 9.65. The third-order valence-corrected chi connectivity index (χ3v) is 4.99. The molecule has 2 heterocycles. The van der Waals surface area contributed by atoms with Crippen LogP contribution in [0.2, 0.25) is 0 Å². The van der Waals surface area contributed by atoms with Crippen LogP contribution >= 0.6 is 15.9 Å². The molecule has 1 aromatic rings. The van der Waals surface area contributed by atoms with Gasteiger partial charge in [-0.3, -0.25) is 0 Å². The summed E-state index contributed by atoms with van der Waals surface area (Å²) < 4.78 is 0.793. The molecule has 2 fully saturated rings. The normalized spacial score (nSPS) is 22.7. The van der Waals surface area contributed by atoms with Crippen LogP contribution in [0.15, 0.2) is 16.7 Å². The van der Waals surface area contributed by atoms with Crippen LogP contribution in [-0.2, 0) is 0 Å². The number of rotatable bonds is 2. The highest BCUT2D eigenvalue weighted by atomic mass is 79.9. The Morgan fingerprint density at radius 2 is 2.15 bits per heavy atom. The SMILES string of the molecule is Cc1nc(Br)ccc1NC(=O)N1CCCC1C1CCC1. The van der Waals surface area contributed by atoms with Gasteiger partial charge in [0.15, 0.2) is 0 Å². The average molecular weight is 338 g/mol. The molecule has 0 bridgehead atoms. The maximum Gasteiger partial charge on any atom is 0.322 e. The number of aromatic nitrogens is 1. The molecule has 1 saturated carbocycles. The molecule has 3 rings (SSSR count). The first-order valence-electron chi connectivity index (χ1n) is 7.36. The zero-order valence-electron chi connectivity index (χ0n) is 11.7. The second-order valence-corrected chi connectivity index (χ2v) is 6.60. The standard InChI is InChI=1S/C15H20BrN3O/c1-10-12(7-8-14(16)17-10)18-15(20)19-9-3-6-13(19)11-4-2-5-11/h7-8,11,13H,2-6,9H2,1H3,(H,18,20). The number of aryl methyl sites for hydroxylation is 1. The maximum absolute atomic E-state index is 12.5. The lowest BCUT2D eigenvalue weighted by Crippen LogP contribution is -2.44. The minimum atomic E-state index is 0.0339. The molecule has 1 aliphatic heterocycles. The van der Waals surface area contributed by atoms with Gasteiger partial charge in [0.25, 0.3) is 0 Å². The van der Waals surface area contributed by atoms with E-state index in [1.165, 1.54) is 19.3 Å². The van der Waals surface area contributed by atoms with Crippen LogP contribution in [0.25, 0.3) is 0 Å². The zero-order valence-corrected chi connectivity index (χ0v) is 13.3. The van der Waals surface area contributed by atoms with Gasteiger partial charge in [-0.2, -0.15) is 0 Å². The summed E-state index contributed by atoms with van der Waals surface area (Å²) in [5.41, 5.74) is 1.64. The molecule has 4 nitrogen and oxygen atoms in total. The van der Waals surface area contributed by atoms with Crippen LogP contribution < -0.4 is 5.32 Å². The quantitative estimate of drug-likeness (QED) is 0.830. The van der Waals surface area contributed by atoms with E-state index < -0.39 is 0 Å². The molecule has 2 amide bonds. The van der Waals surface area contributed by atoms with E-state index in [9.17, 15) is 4.79 Å². The van der Waals surface area contributed by atoms with Crippen LogP contribution in [0.5, 0.6) is 0 Å². The van der Waals surface area contributed by atoms with Crippen LogP contribution in [0.3, 0.4) is 0 Å². The third-order valence-electron chi connectivity index (χ3n) is 4.55. The molecule has 1 atom stereocenters. The van der Waals surface area contributed by atoms with E-state index in [4.69, 9.17) is 0 Å². The van der Waals surface area contributed by atoms with Crippen molar-refractivity contribution in [1.29, 1.82) is 0 Å². The number of hydrogen-bond donors (Lipinski definition) is 1. The van der Waals surface area contributed by atoms with Crippen molar-refractivity contribution in [3.63, 3.8) is 0 Å². The molecule has 1 saturated heterocycles. The Kier molecular flexibility index (Phi) is 3.96. The molecule has 1 aromatic heterocycles. The molecule has 0 aromatic carbocycles. The lowest BCUT2D eigenvalue weighted by Gasteiger charge is -2.37. The number of anilines is 1. The number of hydrogen-bond acceptors (Lipinski definition) is 2. The molecule has 5 heteroatoms. The Hall–Kier alpha value is -1.10. The Morgan fingerprint density at radius 3 is 2.80 bits per heavy atom. The van der Waals surface area contributed by atoms with E-state index in [0.717, 1.165) is 41.3 Å². The summed E-state index contributed by atoms with van der Waals surface area (Å²) in [6, 6.07) is 4.24. The van der Waals surface area contributed by atoms with Gasteiger partial charge in [-0.1, -0.05) is 6.42 Å². The first kappa shape index (κ1) is 13.9. The highest BCUT2D eigenvalue weighted by Crippen LogP contribution is 2.37. The smallest absolute Gasteiger partial charge is 0.321 e. The van der Waals surface area contributed by atoms with Gasteiger partial charge >= 0.3 is 6.03 Å². The molecule has 2 aliphatic rings. The maximum atomic E-state index is 12.5. The van der Waals surface area contributed by atoms with Crippen LogP contribution in [0, 0.1) is 12.8 Å². The molecule has 0 radical (unpaired) electrons. The fraction of sp³-hybridized carbons (Fsp3) is 0.600. The number of nitrogens with zero attached hydrogens (tertiary/aromatic N) is 2. The van der Waals surface area contributed by atoms with Crippen LogP contribution in [0.1, 0.15) is 37.8 Å². The molecule has 0 spiro atoms. The summed E-state index contributed by atoms with van der Waals surface area (Å²) in [6.45, 7) is 2.80. The second kappa shape index (κ2) is 5.72. The fourth-order valence-corrected chi connectivity index (χ4v) is 3.61. The average Bonchev–Trinajstić information content (AvgIpc) is 2.79. The van der Waals surface area contributed by atoms with Gasteiger partial charge in [0.05, 0.1) is 11.4 Å². The fourth-order valence-electron chi connectivity index (χ4n) is 3.21. The van der Waals surface area contributed by atoms with Crippen molar-refractivity contribution in [3.05, 3.63) is 22.4 Å². The molecular formula is C15H20BrN3O. The summed E-state index contributed by atoms with van der Waals surface area (Å²) in [6.07, 6.45) is 6.19. The first-order valence-corrected chi connectivity index (χ1v) is 8.15. The molecule has 1 unspecified atom stereocenters. The monoisotopic (exact) mass is 337 g/mol. The molecule has 20 heavy (non-hydrogen) atoms. The number of carbonyl (C=O) groups is 1. The number of nitrogens with one attached hydrogen (secondary N) is 1. The van der Waals surface area contributed by atoms with Crippen molar-refractivity contribution in [1.82, 2.24) is 9.88 Å². The Bertz CT molecular complexity index is 516. The highest BCUT2D eigenvalue weighted by molar-refractivity contribution is 9.10. The van der Waals surface area contributed by atoms with E-state index >= 15 is 0 Å². The third kappa shape index (κ3) is 2.68. The van der Waals surface area contributed by atoms with Crippen molar-refractivity contribution < 1.29 is 4.79 Å². The number of urea groups is 1. The Morgan fingerprint density at radius 1 is 1.35 bits per heavy atom. The van der Waals surface area contributed by atoms with Gasteiger partial charge in [-0.05, 0) is 66.6 Å². The second-order valence-electron chi connectivity index (χ2n) is 5.79. The molecular weight excluding hydrogens is 318 g/mol. The van der Waals surface area contributed by atoms with Gasteiger partial charge in [-0.25, -0.2) is 9.78 Å². The lowest BCUT2D eigenvalue weighted by molar-refractivity contribution is 0.148. The number of likely N-dealkylation sites (tertiary alicyclic amines) is 1. The predicted octanol–water partition coefficient (Wildman–Crippen LogP) is 3.95. The molecule has 108 valence electrons. The summed E-state index contributed by atoms with van der Waals surface area (Å²) in [5, 5.41) is 3.02. The Labute approximate surface area is 128 Å². The highest BCUT2D eigenvalue weighted by Gasteiger charge is 2.37. The lowest BCUT2D eigenvalue weighted by atomic mass is 9.79. The summed E-state index contributed by atoms with van der Waals surface area (Å²) in [7, 11) is 0. The Balaban J connectivity index is 1.68. The van der Waals surface area contributed by atoms with Crippen LogP contribution in [-0.4, -0.2) is 28.5 Å². The summed E-state index contributed by atoms with van der Waals surface area (Å²) in [5.74, 6) is 0.729. The van der Waals surface area contributed by atoms with Crippen molar-refractivity contribution in [3.8, 4) is 0 Å². The van der Waals surface area contributed by atoms with E-state index in [1.807, 2.05) is 24.0 Å². The number of carbonyl (C=O) groups excluding carboxylic acids is 1. The van der Waals surface area contributed by atoms with Crippen LogP contribution in [0.4, 0.5) is 10.5 Å². The summed E-state index contributed by atoms with van der Waals surface area (Å²) >= 11 is 3.34. The van der Waals surface area contributed by atoms with Gasteiger partial charge < -0.3 is 10.2 Å². The minimum Gasteiger partial charge on any atom is -0.321 e. The van der Waals surface area contributed by atoms with Gasteiger partial charge in [0.2, 0.25) is 0 Å². The van der Waals surface area contributed by atoms with Crippen molar-refractivity contribution in [2.75, 3.05) is 11.9 Å². The van der Waals surface area contributed by atoms with Crippen molar-refractivity contribution >= 4 is 27.6 Å². The summed E-state index contributed by atoms with van der Waals surface area (Å²) in [4.78, 5) is 18.8. The van der Waals surface area contributed by atoms with E-state index in [0.29, 0.717) is 6.04 Å². The minimum absolute atomic E-state index is 0.0339.